The van der Waals surface area contributed by atoms with Crippen LogP contribution in [0.3, 0.4) is 0 Å². The highest BCUT2D eigenvalue weighted by atomic mass is 15.2. The van der Waals surface area contributed by atoms with Crippen LogP contribution in [-0.2, 0) is 13.0 Å². The molecule has 3 nitrogen and oxygen atoms in total. The molecule has 0 radical (unpaired) electrons. The summed E-state index contributed by atoms with van der Waals surface area (Å²) < 4.78 is 0. The van der Waals surface area contributed by atoms with Gasteiger partial charge < -0.3 is 10.6 Å². The molecule has 104 valence electrons. The lowest BCUT2D eigenvalue weighted by molar-refractivity contribution is 0.611. The molecule has 2 N–H and O–H groups in total. The minimum atomic E-state index is 0.449. The van der Waals surface area contributed by atoms with E-state index in [2.05, 4.69) is 48.0 Å². The number of fused-ring (bicyclic) bond motifs is 1. The zero-order chi connectivity index (χ0) is 14.1. The van der Waals surface area contributed by atoms with E-state index in [1.807, 2.05) is 12.3 Å². The predicted octanol–water partition coefficient (Wildman–Crippen LogP) is 3.32. The van der Waals surface area contributed by atoms with Gasteiger partial charge in [-0.05, 0) is 49.9 Å². The monoisotopic (exact) mass is 267 g/mol. The molecular formula is C17H21N3. The summed E-state index contributed by atoms with van der Waals surface area (Å²) in [5.74, 6) is 1.02. The van der Waals surface area contributed by atoms with E-state index in [1.165, 1.54) is 16.8 Å². The molecule has 3 rings (SSSR count). The maximum Gasteiger partial charge on any atom is 0.137 e. The summed E-state index contributed by atoms with van der Waals surface area (Å²) in [5.41, 5.74) is 11.0. The third-order valence-electron chi connectivity index (χ3n) is 4.22. The smallest absolute Gasteiger partial charge is 0.137 e. The number of aromatic nitrogens is 1. The van der Waals surface area contributed by atoms with E-state index in [-0.39, 0.29) is 0 Å². The molecule has 2 heterocycles. The zero-order valence-electron chi connectivity index (χ0n) is 12.1. The number of para-hydroxylation sites is 1. The van der Waals surface area contributed by atoms with Gasteiger partial charge in [0.2, 0.25) is 0 Å². The van der Waals surface area contributed by atoms with Crippen LogP contribution in [0.2, 0.25) is 0 Å². The van der Waals surface area contributed by atoms with Crippen molar-refractivity contribution in [2.45, 2.75) is 39.3 Å². The van der Waals surface area contributed by atoms with Crippen LogP contribution in [0.15, 0.2) is 36.5 Å². The number of pyridine rings is 1. The molecule has 0 saturated heterocycles. The van der Waals surface area contributed by atoms with Gasteiger partial charge in [0.15, 0.2) is 0 Å². The highest BCUT2D eigenvalue weighted by Gasteiger charge is 2.26. The first kappa shape index (κ1) is 13.1. The molecule has 0 aliphatic carbocycles. The Labute approximate surface area is 120 Å². The first-order chi connectivity index (χ1) is 9.72. The van der Waals surface area contributed by atoms with Crippen LogP contribution < -0.4 is 10.6 Å². The normalized spacial score (nSPS) is 17.9. The lowest BCUT2D eigenvalue weighted by Gasteiger charge is -2.37. The van der Waals surface area contributed by atoms with Gasteiger partial charge in [0.05, 0.1) is 0 Å². The molecular weight excluding hydrogens is 246 g/mol. The Hall–Kier alpha value is -1.87. The van der Waals surface area contributed by atoms with E-state index in [1.54, 1.807) is 0 Å². The highest BCUT2D eigenvalue weighted by molar-refractivity contribution is 5.69. The van der Waals surface area contributed by atoms with Crippen molar-refractivity contribution in [1.29, 1.82) is 0 Å². The fourth-order valence-electron chi connectivity index (χ4n) is 3.05. The quantitative estimate of drug-likeness (QED) is 0.907. The second-order valence-electron chi connectivity index (χ2n) is 5.52. The van der Waals surface area contributed by atoms with Crippen molar-refractivity contribution in [1.82, 2.24) is 4.98 Å². The summed E-state index contributed by atoms with van der Waals surface area (Å²) in [6.07, 6.45) is 4.17. The number of hydrogen-bond donors (Lipinski definition) is 1. The fourth-order valence-corrected chi connectivity index (χ4v) is 3.05. The van der Waals surface area contributed by atoms with Gasteiger partial charge in [-0.25, -0.2) is 4.98 Å². The third kappa shape index (κ3) is 2.08. The fraction of sp³-hybridized carbons (Fsp3) is 0.353. The number of rotatable bonds is 2. The summed E-state index contributed by atoms with van der Waals surface area (Å²) >= 11 is 0. The van der Waals surface area contributed by atoms with Crippen molar-refractivity contribution in [2.75, 3.05) is 4.90 Å². The van der Waals surface area contributed by atoms with Crippen LogP contribution in [0.25, 0.3) is 0 Å². The molecule has 1 aliphatic heterocycles. The number of hydrogen-bond acceptors (Lipinski definition) is 3. The first-order valence-corrected chi connectivity index (χ1v) is 7.24. The largest absolute Gasteiger partial charge is 0.326 e. The summed E-state index contributed by atoms with van der Waals surface area (Å²) in [6, 6.07) is 11.1. The predicted molar refractivity (Wildman–Crippen MR) is 83.2 cm³/mol. The molecule has 3 heteroatoms. The first-order valence-electron chi connectivity index (χ1n) is 7.24. The second kappa shape index (κ2) is 5.25. The molecule has 0 fully saturated rings. The molecule has 2 aromatic rings. The van der Waals surface area contributed by atoms with Crippen LogP contribution in [0.4, 0.5) is 11.5 Å². The minimum absolute atomic E-state index is 0.449. The van der Waals surface area contributed by atoms with Crippen molar-refractivity contribution in [3.63, 3.8) is 0 Å². The highest BCUT2D eigenvalue weighted by Crippen LogP contribution is 2.37. The number of nitrogens with two attached hydrogens (primary N) is 1. The van der Waals surface area contributed by atoms with E-state index in [0.29, 0.717) is 12.6 Å². The Kier molecular flexibility index (Phi) is 3.45. The topological polar surface area (TPSA) is 42.2 Å². The van der Waals surface area contributed by atoms with Gasteiger partial charge in [-0.3, -0.25) is 0 Å². The number of nitrogens with zero attached hydrogens (tertiary/aromatic N) is 2. The lowest BCUT2D eigenvalue weighted by atomic mass is 9.95. The standard InChI is InChI=1S/C17H21N3/c1-12-9-10-19-17(15(12)11-18)20-13(2)7-8-14-5-3-4-6-16(14)20/h3-6,9-10,13H,7-8,11,18H2,1-2H3. The average Bonchev–Trinajstić information content (AvgIpc) is 2.47. The van der Waals surface area contributed by atoms with Crippen molar-refractivity contribution < 1.29 is 0 Å². The van der Waals surface area contributed by atoms with E-state index in [9.17, 15) is 0 Å². The number of anilines is 2. The van der Waals surface area contributed by atoms with Crippen LogP contribution in [0.1, 0.15) is 30.0 Å². The maximum absolute atomic E-state index is 5.96. The number of benzene rings is 1. The van der Waals surface area contributed by atoms with Gasteiger partial charge >= 0.3 is 0 Å². The van der Waals surface area contributed by atoms with E-state index >= 15 is 0 Å². The van der Waals surface area contributed by atoms with Gasteiger partial charge in [0.1, 0.15) is 5.82 Å². The average molecular weight is 267 g/mol. The van der Waals surface area contributed by atoms with Crippen LogP contribution >= 0.6 is 0 Å². The van der Waals surface area contributed by atoms with E-state index in [0.717, 1.165) is 24.2 Å². The number of aryl methyl sites for hydroxylation is 2. The maximum atomic E-state index is 5.96. The summed E-state index contributed by atoms with van der Waals surface area (Å²) in [4.78, 5) is 6.98. The summed E-state index contributed by atoms with van der Waals surface area (Å²) in [6.45, 7) is 4.90. The van der Waals surface area contributed by atoms with Crippen LogP contribution in [0.5, 0.6) is 0 Å². The van der Waals surface area contributed by atoms with Crippen molar-refractivity contribution in [3.8, 4) is 0 Å². The molecule has 1 aromatic heterocycles. The van der Waals surface area contributed by atoms with E-state index in [4.69, 9.17) is 5.73 Å². The molecule has 0 spiro atoms. The molecule has 0 amide bonds. The summed E-state index contributed by atoms with van der Waals surface area (Å²) in [5, 5.41) is 0. The zero-order valence-corrected chi connectivity index (χ0v) is 12.1. The molecule has 20 heavy (non-hydrogen) atoms. The Morgan fingerprint density at radius 2 is 2.10 bits per heavy atom. The molecule has 0 bridgehead atoms. The van der Waals surface area contributed by atoms with Gasteiger partial charge in [0, 0.05) is 30.0 Å². The Morgan fingerprint density at radius 1 is 1.30 bits per heavy atom. The molecule has 1 aromatic carbocycles. The molecule has 1 atom stereocenters. The van der Waals surface area contributed by atoms with Crippen molar-refractivity contribution >= 4 is 11.5 Å². The Morgan fingerprint density at radius 3 is 2.90 bits per heavy atom. The van der Waals surface area contributed by atoms with Gasteiger partial charge in [-0.1, -0.05) is 18.2 Å². The second-order valence-corrected chi connectivity index (χ2v) is 5.52. The molecule has 1 unspecified atom stereocenters. The van der Waals surface area contributed by atoms with Crippen LogP contribution in [-0.4, -0.2) is 11.0 Å². The summed E-state index contributed by atoms with van der Waals surface area (Å²) in [7, 11) is 0. The van der Waals surface area contributed by atoms with Gasteiger partial charge in [0.25, 0.3) is 0 Å². The van der Waals surface area contributed by atoms with Crippen molar-refractivity contribution in [2.24, 2.45) is 5.73 Å². The minimum Gasteiger partial charge on any atom is -0.326 e. The van der Waals surface area contributed by atoms with E-state index < -0.39 is 0 Å². The SMILES string of the molecule is Cc1ccnc(N2c3ccccc3CCC2C)c1CN. The Bertz CT molecular complexity index is 621. The Balaban J connectivity index is 2.17. The molecule has 0 saturated carbocycles. The van der Waals surface area contributed by atoms with Gasteiger partial charge in [-0.15, -0.1) is 0 Å². The van der Waals surface area contributed by atoms with Crippen LogP contribution in [0, 0.1) is 6.92 Å². The molecule has 1 aliphatic rings. The third-order valence-corrected chi connectivity index (χ3v) is 4.22. The lowest BCUT2D eigenvalue weighted by Crippen LogP contribution is -2.34. The van der Waals surface area contributed by atoms with Crippen molar-refractivity contribution in [3.05, 3.63) is 53.2 Å². The van der Waals surface area contributed by atoms with Gasteiger partial charge in [-0.2, -0.15) is 0 Å².